The van der Waals surface area contributed by atoms with E-state index < -0.39 is 11.9 Å². The van der Waals surface area contributed by atoms with E-state index in [4.69, 9.17) is 0 Å². The van der Waals surface area contributed by atoms with Crippen molar-refractivity contribution >= 4 is 17.7 Å². The number of pyridine rings is 1. The van der Waals surface area contributed by atoms with E-state index >= 15 is 0 Å². The molecule has 11 heteroatoms. The minimum absolute atomic E-state index is 0.0611. The predicted molar refractivity (Wildman–Crippen MR) is 110 cm³/mol. The molecular weight excluding hydrogens is 397 g/mol. The van der Waals surface area contributed by atoms with Gasteiger partial charge in [-0.25, -0.2) is 15.0 Å². The third kappa shape index (κ3) is 5.94. The highest BCUT2D eigenvalue weighted by molar-refractivity contribution is 5.80. The van der Waals surface area contributed by atoms with E-state index in [-0.39, 0.29) is 5.95 Å². The Morgan fingerprint density at radius 2 is 1.90 bits per heavy atom. The lowest BCUT2D eigenvalue weighted by molar-refractivity contribution is -0.141. The summed E-state index contributed by atoms with van der Waals surface area (Å²) in [6, 6.07) is 6.71. The Morgan fingerprint density at radius 1 is 1.10 bits per heavy atom. The summed E-state index contributed by atoms with van der Waals surface area (Å²) in [7, 11) is 0. The number of aliphatic imine (C=N–C) groups is 1. The zero-order chi connectivity index (χ0) is 21.4. The highest BCUT2D eigenvalue weighted by atomic mass is 19.4. The molecule has 3 heterocycles. The molecule has 1 saturated heterocycles. The Kier molecular flexibility index (Phi) is 7.26. The van der Waals surface area contributed by atoms with Crippen molar-refractivity contribution < 1.29 is 13.2 Å². The van der Waals surface area contributed by atoms with Gasteiger partial charge in [-0.3, -0.25) is 4.99 Å². The lowest BCUT2D eigenvalue weighted by Crippen LogP contribution is -2.52. The van der Waals surface area contributed by atoms with Crippen LogP contribution in [-0.4, -0.2) is 71.6 Å². The number of piperazine rings is 1. The summed E-state index contributed by atoms with van der Waals surface area (Å²) >= 11 is 0. The quantitative estimate of drug-likeness (QED) is 0.419. The number of hydrogen-bond donors (Lipinski definition) is 2. The summed E-state index contributed by atoms with van der Waals surface area (Å²) in [6.07, 6.45) is -1.62. The number of rotatable bonds is 6. The van der Waals surface area contributed by atoms with Gasteiger partial charge in [0.25, 0.3) is 0 Å². The fourth-order valence-electron chi connectivity index (χ4n) is 3.05. The summed E-state index contributed by atoms with van der Waals surface area (Å²) in [6.45, 7) is 6.68. The second-order valence-electron chi connectivity index (χ2n) is 6.59. The van der Waals surface area contributed by atoms with Gasteiger partial charge in [0.15, 0.2) is 5.96 Å². The number of nitrogens with one attached hydrogen (secondary N) is 2. The third-order valence-corrected chi connectivity index (χ3v) is 4.49. The van der Waals surface area contributed by atoms with Crippen molar-refractivity contribution in [3.8, 4) is 0 Å². The Balaban J connectivity index is 1.51. The molecule has 8 nitrogen and oxygen atoms in total. The molecule has 0 atom stereocenters. The zero-order valence-corrected chi connectivity index (χ0v) is 16.7. The maximum Gasteiger partial charge on any atom is 0.433 e. The average molecular weight is 422 g/mol. The Bertz CT molecular complexity index is 820. The molecule has 2 aromatic rings. The first-order valence-corrected chi connectivity index (χ1v) is 9.80. The van der Waals surface area contributed by atoms with E-state index in [1.165, 1.54) is 0 Å². The van der Waals surface area contributed by atoms with E-state index in [2.05, 4.69) is 40.4 Å². The lowest BCUT2D eigenvalue weighted by Gasteiger charge is -2.37. The van der Waals surface area contributed by atoms with Crippen LogP contribution < -0.4 is 15.5 Å². The average Bonchev–Trinajstić information content (AvgIpc) is 2.76. The van der Waals surface area contributed by atoms with Gasteiger partial charge in [0, 0.05) is 51.7 Å². The molecule has 0 aromatic carbocycles. The Hall–Kier alpha value is -3.11. The molecule has 0 bridgehead atoms. The summed E-state index contributed by atoms with van der Waals surface area (Å²) in [5.41, 5.74) is -0.970. The van der Waals surface area contributed by atoms with E-state index in [0.717, 1.165) is 56.8 Å². The van der Waals surface area contributed by atoms with Crippen molar-refractivity contribution in [3.63, 3.8) is 0 Å². The van der Waals surface area contributed by atoms with Crippen LogP contribution in [0.15, 0.2) is 41.7 Å². The van der Waals surface area contributed by atoms with E-state index in [0.29, 0.717) is 13.1 Å². The van der Waals surface area contributed by atoms with Gasteiger partial charge in [-0.2, -0.15) is 13.2 Å². The molecule has 0 unspecified atom stereocenters. The van der Waals surface area contributed by atoms with Crippen molar-refractivity contribution in [2.24, 2.45) is 4.99 Å². The fourth-order valence-corrected chi connectivity index (χ4v) is 3.05. The first-order chi connectivity index (χ1) is 14.5. The van der Waals surface area contributed by atoms with Gasteiger partial charge in [-0.1, -0.05) is 6.07 Å². The van der Waals surface area contributed by atoms with Gasteiger partial charge in [0.1, 0.15) is 11.5 Å². The van der Waals surface area contributed by atoms with Gasteiger partial charge in [0.05, 0.1) is 6.54 Å². The van der Waals surface area contributed by atoms with E-state index in [1.54, 1.807) is 6.20 Å². The van der Waals surface area contributed by atoms with Crippen LogP contribution >= 0.6 is 0 Å². The van der Waals surface area contributed by atoms with Crippen LogP contribution in [0, 0.1) is 0 Å². The van der Waals surface area contributed by atoms with E-state index in [1.807, 2.05) is 25.1 Å². The van der Waals surface area contributed by atoms with Crippen LogP contribution in [-0.2, 0) is 6.18 Å². The summed E-state index contributed by atoms with van der Waals surface area (Å²) in [4.78, 5) is 20.7. The van der Waals surface area contributed by atoms with Gasteiger partial charge in [-0.05, 0) is 25.1 Å². The number of aromatic nitrogens is 3. The topological polar surface area (TPSA) is 81.6 Å². The van der Waals surface area contributed by atoms with E-state index in [9.17, 15) is 13.2 Å². The SMILES string of the molecule is CCNC(=NCCNc1nccc(C(F)(F)F)n1)N1CCN(c2ccccn2)CC1. The molecule has 0 aliphatic carbocycles. The smallest absolute Gasteiger partial charge is 0.357 e. The normalized spacial score (nSPS) is 15.3. The molecule has 2 N–H and O–H groups in total. The first kappa shape index (κ1) is 21.6. The second-order valence-corrected chi connectivity index (χ2v) is 6.59. The zero-order valence-electron chi connectivity index (χ0n) is 16.7. The number of alkyl halides is 3. The molecular formula is C19H25F3N8. The van der Waals surface area contributed by atoms with Crippen LogP contribution in [0.4, 0.5) is 24.9 Å². The number of guanidine groups is 1. The van der Waals surface area contributed by atoms with Crippen molar-refractivity contribution in [1.29, 1.82) is 0 Å². The van der Waals surface area contributed by atoms with Gasteiger partial charge in [0.2, 0.25) is 5.95 Å². The summed E-state index contributed by atoms with van der Waals surface area (Å²) < 4.78 is 38.2. The number of nitrogens with zero attached hydrogens (tertiary/aromatic N) is 6. The maximum atomic E-state index is 12.7. The largest absolute Gasteiger partial charge is 0.433 e. The molecule has 162 valence electrons. The molecule has 1 aliphatic rings. The van der Waals surface area contributed by atoms with Gasteiger partial charge >= 0.3 is 6.18 Å². The lowest BCUT2D eigenvalue weighted by atomic mass is 10.3. The molecule has 1 fully saturated rings. The molecule has 0 amide bonds. The van der Waals surface area contributed by atoms with Crippen LogP contribution in [0.1, 0.15) is 12.6 Å². The minimum Gasteiger partial charge on any atom is -0.357 e. The number of anilines is 2. The molecule has 0 radical (unpaired) electrons. The van der Waals surface area contributed by atoms with Crippen LogP contribution in [0.3, 0.4) is 0 Å². The van der Waals surface area contributed by atoms with Crippen LogP contribution in [0.5, 0.6) is 0 Å². The molecule has 2 aromatic heterocycles. The summed E-state index contributed by atoms with van der Waals surface area (Å²) in [5.74, 6) is 1.68. The molecule has 3 rings (SSSR count). The maximum absolute atomic E-state index is 12.7. The van der Waals surface area contributed by atoms with Gasteiger partial charge in [-0.15, -0.1) is 0 Å². The minimum atomic E-state index is -4.49. The fraction of sp³-hybridized carbons (Fsp3) is 0.474. The monoisotopic (exact) mass is 422 g/mol. The Labute approximate surface area is 173 Å². The van der Waals surface area contributed by atoms with Crippen molar-refractivity contribution in [2.75, 3.05) is 56.0 Å². The van der Waals surface area contributed by atoms with Crippen molar-refractivity contribution in [3.05, 3.63) is 42.4 Å². The highest BCUT2D eigenvalue weighted by Crippen LogP contribution is 2.27. The Morgan fingerprint density at radius 3 is 2.57 bits per heavy atom. The number of halogens is 3. The third-order valence-electron chi connectivity index (χ3n) is 4.49. The molecule has 0 spiro atoms. The number of hydrogen-bond acceptors (Lipinski definition) is 6. The predicted octanol–water partition coefficient (Wildman–Crippen LogP) is 2.09. The highest BCUT2D eigenvalue weighted by Gasteiger charge is 2.32. The standard InChI is InChI=1S/C19H25F3N8/c1-2-23-18(30-13-11-29(12-14-30)16-5-3-4-7-24-16)27-10-9-26-17-25-8-6-15(28-17)19(20,21)22/h3-8H,2,9-14H2,1H3,(H,23,27)(H,25,26,28). The van der Waals surface area contributed by atoms with Crippen LogP contribution in [0.2, 0.25) is 0 Å². The first-order valence-electron chi connectivity index (χ1n) is 9.80. The van der Waals surface area contributed by atoms with Gasteiger partial charge < -0.3 is 20.4 Å². The second kappa shape index (κ2) is 10.1. The summed E-state index contributed by atoms with van der Waals surface area (Å²) in [5, 5.41) is 6.06. The molecule has 1 aliphatic heterocycles. The molecule has 0 saturated carbocycles. The molecule has 30 heavy (non-hydrogen) atoms. The van der Waals surface area contributed by atoms with Crippen molar-refractivity contribution in [1.82, 2.24) is 25.2 Å². The van der Waals surface area contributed by atoms with Crippen molar-refractivity contribution in [2.45, 2.75) is 13.1 Å². The van der Waals surface area contributed by atoms with Crippen LogP contribution in [0.25, 0.3) is 0 Å².